The van der Waals surface area contributed by atoms with Crippen LogP contribution >= 0.6 is 11.3 Å². The predicted octanol–water partition coefficient (Wildman–Crippen LogP) is 0.819. The van der Waals surface area contributed by atoms with Crippen LogP contribution in [0.1, 0.15) is 33.0 Å². The smallest absolute Gasteiger partial charge is 0.262 e. The van der Waals surface area contributed by atoms with E-state index < -0.39 is 27.3 Å². The zero-order chi connectivity index (χ0) is 26.5. The minimum absolute atomic E-state index is 0.0196. The van der Waals surface area contributed by atoms with Gasteiger partial charge in [0.2, 0.25) is 5.91 Å². The van der Waals surface area contributed by atoms with E-state index in [1.54, 1.807) is 24.5 Å². The summed E-state index contributed by atoms with van der Waals surface area (Å²) >= 11 is 1.40. The normalized spacial score (nSPS) is 20.4. The van der Waals surface area contributed by atoms with Crippen molar-refractivity contribution in [3.8, 4) is 6.07 Å². The predicted molar refractivity (Wildman–Crippen MR) is 141 cm³/mol. The summed E-state index contributed by atoms with van der Waals surface area (Å²) in [4.78, 5) is 36.8. The first kappa shape index (κ1) is 27.2. The molecule has 2 aliphatic heterocycles. The molecular formula is C25H32N6O4S2. The molecule has 12 heteroatoms. The van der Waals surface area contributed by atoms with Crippen molar-refractivity contribution < 1.29 is 18.0 Å². The maximum atomic E-state index is 13.3. The van der Waals surface area contributed by atoms with Crippen molar-refractivity contribution in [2.45, 2.75) is 37.4 Å². The van der Waals surface area contributed by atoms with E-state index in [9.17, 15) is 23.3 Å². The van der Waals surface area contributed by atoms with Gasteiger partial charge in [0, 0.05) is 56.4 Å². The fourth-order valence-electron chi connectivity index (χ4n) is 4.48. The maximum Gasteiger partial charge on any atom is 0.262 e. The Kier molecular flexibility index (Phi) is 8.59. The van der Waals surface area contributed by atoms with E-state index >= 15 is 0 Å². The van der Waals surface area contributed by atoms with Gasteiger partial charge >= 0.3 is 0 Å². The van der Waals surface area contributed by atoms with Crippen LogP contribution < -0.4 is 10.6 Å². The molecule has 1 atom stereocenters. The summed E-state index contributed by atoms with van der Waals surface area (Å²) in [5.41, 5.74) is -0.527. The molecule has 0 bridgehead atoms. The van der Waals surface area contributed by atoms with Gasteiger partial charge in [-0.15, -0.1) is 11.3 Å². The van der Waals surface area contributed by atoms with Gasteiger partial charge in [0.05, 0.1) is 22.5 Å². The summed E-state index contributed by atoms with van der Waals surface area (Å²) in [6.07, 6.45) is 3.47. The lowest BCUT2D eigenvalue weighted by Gasteiger charge is -2.33. The largest absolute Gasteiger partial charge is 0.339 e. The summed E-state index contributed by atoms with van der Waals surface area (Å²) in [5.74, 6) is -1.21. The van der Waals surface area contributed by atoms with E-state index in [1.165, 1.54) is 11.3 Å². The van der Waals surface area contributed by atoms with Crippen molar-refractivity contribution >= 4 is 33.0 Å². The van der Waals surface area contributed by atoms with Gasteiger partial charge in [-0.05, 0) is 43.7 Å². The van der Waals surface area contributed by atoms with Crippen LogP contribution in [-0.2, 0) is 27.6 Å². The molecule has 0 spiro atoms. The first-order chi connectivity index (χ1) is 17.7. The summed E-state index contributed by atoms with van der Waals surface area (Å²) in [6, 6.07) is 8.43. The molecule has 2 aromatic rings. The maximum absolute atomic E-state index is 13.3. The van der Waals surface area contributed by atoms with Crippen LogP contribution in [-0.4, -0.2) is 91.3 Å². The summed E-state index contributed by atoms with van der Waals surface area (Å²) in [5, 5.41) is 15.4. The third kappa shape index (κ3) is 7.35. The Labute approximate surface area is 221 Å². The van der Waals surface area contributed by atoms with Gasteiger partial charge in [-0.3, -0.25) is 19.5 Å². The molecule has 37 heavy (non-hydrogen) atoms. The molecule has 4 rings (SSSR count). The average molecular weight is 545 g/mol. The second-order valence-corrected chi connectivity index (χ2v) is 13.2. The van der Waals surface area contributed by atoms with Crippen molar-refractivity contribution in [1.29, 1.82) is 5.26 Å². The van der Waals surface area contributed by atoms with E-state index in [0.717, 1.165) is 43.2 Å². The fourth-order valence-corrected chi connectivity index (χ4v) is 6.96. The number of nitrogens with zero attached hydrogens (tertiary/aromatic N) is 4. The highest BCUT2D eigenvalue weighted by molar-refractivity contribution is 7.91. The van der Waals surface area contributed by atoms with E-state index in [0.29, 0.717) is 4.88 Å². The molecule has 2 aliphatic rings. The molecule has 10 nitrogen and oxygen atoms in total. The first-order valence-electron chi connectivity index (χ1n) is 12.3. The molecule has 0 aromatic carbocycles. The Morgan fingerprint density at radius 3 is 2.57 bits per heavy atom. The number of likely N-dealkylation sites (N-methyl/N-ethyl adjacent to an activating group) is 1. The van der Waals surface area contributed by atoms with Gasteiger partial charge in [-0.2, -0.15) is 5.26 Å². The Morgan fingerprint density at radius 1 is 1.19 bits per heavy atom. The van der Waals surface area contributed by atoms with Crippen LogP contribution in [0.4, 0.5) is 0 Å². The zero-order valence-corrected chi connectivity index (χ0v) is 22.5. The molecule has 0 unspecified atom stereocenters. The lowest BCUT2D eigenvalue weighted by molar-refractivity contribution is -0.124. The van der Waals surface area contributed by atoms with Gasteiger partial charge < -0.3 is 15.5 Å². The number of piperazine rings is 1. The number of hydrogen-bond acceptors (Lipinski definition) is 9. The molecular weight excluding hydrogens is 512 g/mol. The molecule has 2 fully saturated rings. The highest BCUT2D eigenvalue weighted by atomic mass is 32.2. The first-order valence-corrected chi connectivity index (χ1v) is 14.9. The Bertz CT molecular complexity index is 1240. The Balaban J connectivity index is 1.45. The number of nitrogens with one attached hydrogen (secondary N) is 2. The number of carbonyl (C=O) groups is 2. The number of carbonyl (C=O) groups excluding carboxylic acids is 2. The van der Waals surface area contributed by atoms with E-state index in [1.807, 2.05) is 12.1 Å². The van der Waals surface area contributed by atoms with Crippen molar-refractivity contribution in [2.24, 2.45) is 0 Å². The van der Waals surface area contributed by atoms with Crippen LogP contribution in [0.15, 0.2) is 36.7 Å². The van der Waals surface area contributed by atoms with Crippen LogP contribution in [0.25, 0.3) is 0 Å². The SMILES string of the molecule is CN1CCN(Cc2ccc(C(=O)N[C@@H](Cc3cccnc3)C(=O)NC3(C#N)CCS(=O)(=O)CC3)s2)CC1. The van der Waals surface area contributed by atoms with Crippen LogP contribution in [0.5, 0.6) is 0 Å². The molecule has 2 aromatic heterocycles. The quantitative estimate of drug-likeness (QED) is 0.499. The van der Waals surface area contributed by atoms with E-state index in [4.69, 9.17) is 0 Å². The number of amides is 2. The summed E-state index contributed by atoms with van der Waals surface area (Å²) < 4.78 is 23.7. The van der Waals surface area contributed by atoms with Crippen molar-refractivity contribution in [2.75, 3.05) is 44.7 Å². The summed E-state index contributed by atoms with van der Waals surface area (Å²) in [6.45, 7) is 4.76. The zero-order valence-electron chi connectivity index (χ0n) is 20.9. The average Bonchev–Trinajstić information content (AvgIpc) is 3.36. The van der Waals surface area contributed by atoms with E-state index in [2.05, 4.69) is 38.5 Å². The standard InChI is InChI=1S/C25H32N6O4S2/c1-30-9-11-31(12-10-30)17-20-4-5-22(36-20)24(33)28-21(15-19-3-2-8-27-16-19)23(32)29-25(18-26)6-13-37(34,35)14-7-25/h2-5,8,16,21H,6-7,9-15,17H2,1H3,(H,28,33)(H,29,32)/t21-/m0/s1. The minimum atomic E-state index is -3.22. The van der Waals surface area contributed by atoms with Gasteiger partial charge in [0.15, 0.2) is 9.84 Å². The Hall–Kier alpha value is -2.85. The molecule has 0 aliphatic carbocycles. The molecule has 0 radical (unpaired) electrons. The molecule has 2 amide bonds. The van der Waals surface area contributed by atoms with Crippen LogP contribution in [0.3, 0.4) is 0 Å². The fraction of sp³-hybridized carbons (Fsp3) is 0.520. The van der Waals surface area contributed by atoms with Crippen LogP contribution in [0, 0.1) is 11.3 Å². The number of aromatic nitrogens is 1. The van der Waals surface area contributed by atoms with Crippen molar-refractivity contribution in [3.05, 3.63) is 52.0 Å². The number of sulfone groups is 1. The third-order valence-electron chi connectivity index (χ3n) is 6.90. The minimum Gasteiger partial charge on any atom is -0.339 e. The topological polar surface area (TPSA) is 135 Å². The second-order valence-electron chi connectivity index (χ2n) is 9.77. The second kappa shape index (κ2) is 11.7. The van der Waals surface area contributed by atoms with Gasteiger partial charge in [-0.25, -0.2) is 8.42 Å². The Morgan fingerprint density at radius 2 is 1.92 bits per heavy atom. The number of rotatable bonds is 8. The molecule has 4 heterocycles. The molecule has 0 saturated carbocycles. The van der Waals surface area contributed by atoms with Crippen LogP contribution in [0.2, 0.25) is 0 Å². The van der Waals surface area contributed by atoms with Crippen molar-refractivity contribution in [1.82, 2.24) is 25.4 Å². The number of nitriles is 1. The lowest BCUT2D eigenvalue weighted by atomic mass is 9.93. The van der Waals surface area contributed by atoms with Gasteiger partial charge in [0.1, 0.15) is 11.6 Å². The number of thiophene rings is 1. The van der Waals surface area contributed by atoms with Gasteiger partial charge in [0.25, 0.3) is 5.91 Å². The number of hydrogen-bond donors (Lipinski definition) is 2. The van der Waals surface area contributed by atoms with Gasteiger partial charge in [-0.1, -0.05) is 6.07 Å². The molecule has 198 valence electrons. The highest BCUT2D eigenvalue weighted by Gasteiger charge is 2.40. The molecule has 2 N–H and O–H groups in total. The monoisotopic (exact) mass is 544 g/mol. The van der Waals surface area contributed by atoms with Crippen molar-refractivity contribution in [3.63, 3.8) is 0 Å². The van der Waals surface area contributed by atoms with E-state index in [-0.39, 0.29) is 36.7 Å². The number of pyridine rings is 1. The highest BCUT2D eigenvalue weighted by Crippen LogP contribution is 2.24. The molecule has 2 saturated heterocycles. The third-order valence-corrected chi connectivity index (χ3v) is 9.62. The summed E-state index contributed by atoms with van der Waals surface area (Å²) in [7, 11) is -1.11. The lowest BCUT2D eigenvalue weighted by Crippen LogP contribution is -2.58.